The van der Waals surface area contributed by atoms with Gasteiger partial charge in [-0.15, -0.1) is 0 Å². The summed E-state index contributed by atoms with van der Waals surface area (Å²) in [6.45, 7) is 7.26. The van der Waals surface area contributed by atoms with Gasteiger partial charge in [-0.25, -0.2) is 0 Å². The van der Waals surface area contributed by atoms with Crippen LogP contribution in [0.25, 0.3) is 0 Å². The van der Waals surface area contributed by atoms with Crippen LogP contribution in [0, 0.1) is 0 Å². The van der Waals surface area contributed by atoms with Crippen LogP contribution in [0.2, 0.25) is 0 Å². The van der Waals surface area contributed by atoms with Crippen molar-refractivity contribution in [2.75, 3.05) is 13.1 Å². The van der Waals surface area contributed by atoms with E-state index in [2.05, 4.69) is 22.7 Å². The van der Waals surface area contributed by atoms with Crippen LogP contribution >= 0.6 is 0 Å². The summed E-state index contributed by atoms with van der Waals surface area (Å²) >= 11 is 0. The summed E-state index contributed by atoms with van der Waals surface area (Å²) in [4.78, 5) is 11.7. The van der Waals surface area contributed by atoms with Crippen molar-refractivity contribution in [3.63, 3.8) is 0 Å². The summed E-state index contributed by atoms with van der Waals surface area (Å²) in [6, 6.07) is 1.99. The fourth-order valence-electron chi connectivity index (χ4n) is 1.57. The van der Waals surface area contributed by atoms with E-state index in [0.29, 0.717) is 6.54 Å². The van der Waals surface area contributed by atoms with Crippen molar-refractivity contribution < 1.29 is 4.79 Å². The maximum absolute atomic E-state index is 11.7. The summed E-state index contributed by atoms with van der Waals surface area (Å²) in [7, 11) is 1.92. The van der Waals surface area contributed by atoms with Crippen LogP contribution in [0.4, 0.5) is 0 Å². The van der Waals surface area contributed by atoms with Gasteiger partial charge < -0.3 is 10.6 Å². The van der Waals surface area contributed by atoms with E-state index >= 15 is 0 Å². The zero-order valence-corrected chi connectivity index (χ0v) is 11.8. The van der Waals surface area contributed by atoms with Crippen LogP contribution < -0.4 is 10.6 Å². The lowest BCUT2D eigenvalue weighted by Gasteiger charge is -2.24. The first-order chi connectivity index (χ1) is 8.44. The number of hydrogen-bond acceptors (Lipinski definition) is 3. The number of hydrogen-bond donors (Lipinski definition) is 2. The topological polar surface area (TPSA) is 59.0 Å². The normalized spacial score (nSPS) is 11.6. The van der Waals surface area contributed by atoms with Gasteiger partial charge in [0.15, 0.2) is 0 Å². The fraction of sp³-hybridized carbons (Fsp3) is 0.692. The van der Waals surface area contributed by atoms with Crippen LogP contribution in [-0.4, -0.2) is 34.3 Å². The highest BCUT2D eigenvalue weighted by Gasteiger charge is 2.16. The molecule has 0 aliphatic carbocycles. The van der Waals surface area contributed by atoms with Crippen molar-refractivity contribution >= 4 is 5.91 Å². The second-order valence-electron chi connectivity index (χ2n) is 5.16. The molecule has 0 aromatic carbocycles. The first kappa shape index (κ1) is 14.7. The Morgan fingerprint density at radius 1 is 1.50 bits per heavy atom. The highest BCUT2D eigenvalue weighted by Crippen LogP contribution is 2.05. The third-order valence-electron chi connectivity index (χ3n) is 3.13. The van der Waals surface area contributed by atoms with Crippen molar-refractivity contribution in [2.24, 2.45) is 7.05 Å². The van der Waals surface area contributed by atoms with E-state index in [-0.39, 0.29) is 11.4 Å². The van der Waals surface area contributed by atoms with Gasteiger partial charge in [0.1, 0.15) is 0 Å². The molecule has 0 saturated heterocycles. The molecular weight excluding hydrogens is 228 g/mol. The van der Waals surface area contributed by atoms with E-state index in [1.807, 2.05) is 31.6 Å². The number of carbonyl (C=O) groups excluding carboxylic acids is 1. The third-order valence-corrected chi connectivity index (χ3v) is 3.13. The minimum atomic E-state index is -0.124. The SMILES string of the molecule is CCC(C)(C)NC(=O)CNCCc1ccnn1C. The predicted molar refractivity (Wildman–Crippen MR) is 72.3 cm³/mol. The molecule has 5 heteroatoms. The largest absolute Gasteiger partial charge is 0.350 e. The molecule has 2 N–H and O–H groups in total. The van der Waals surface area contributed by atoms with Gasteiger partial charge in [0.05, 0.1) is 6.54 Å². The number of aromatic nitrogens is 2. The third kappa shape index (κ3) is 4.87. The summed E-state index contributed by atoms with van der Waals surface area (Å²) in [5.74, 6) is 0.0480. The minimum Gasteiger partial charge on any atom is -0.350 e. The van der Waals surface area contributed by atoms with E-state index in [9.17, 15) is 4.79 Å². The lowest BCUT2D eigenvalue weighted by atomic mass is 10.0. The van der Waals surface area contributed by atoms with Gasteiger partial charge in [0.2, 0.25) is 5.91 Å². The molecule has 1 amide bonds. The minimum absolute atomic E-state index is 0.0480. The maximum Gasteiger partial charge on any atom is 0.234 e. The quantitative estimate of drug-likeness (QED) is 0.708. The number of amides is 1. The Kier molecular flexibility index (Phi) is 5.34. The highest BCUT2D eigenvalue weighted by molar-refractivity contribution is 5.78. The molecule has 0 unspecified atom stereocenters. The van der Waals surface area contributed by atoms with E-state index in [0.717, 1.165) is 25.1 Å². The van der Waals surface area contributed by atoms with Gasteiger partial charge in [0, 0.05) is 37.4 Å². The summed E-state index contributed by atoms with van der Waals surface area (Å²) in [5.41, 5.74) is 1.04. The number of nitrogens with zero attached hydrogens (tertiary/aromatic N) is 2. The molecule has 1 heterocycles. The maximum atomic E-state index is 11.7. The van der Waals surface area contributed by atoms with E-state index in [4.69, 9.17) is 0 Å². The average molecular weight is 252 g/mol. The zero-order valence-electron chi connectivity index (χ0n) is 11.8. The summed E-state index contributed by atoms with van der Waals surface area (Å²) in [5, 5.41) is 10.2. The van der Waals surface area contributed by atoms with Crippen molar-refractivity contribution in [3.8, 4) is 0 Å². The molecule has 1 aromatic heterocycles. The van der Waals surface area contributed by atoms with Crippen molar-refractivity contribution in [1.29, 1.82) is 0 Å². The average Bonchev–Trinajstić information content (AvgIpc) is 2.70. The Bertz CT molecular complexity index is 384. The molecule has 0 radical (unpaired) electrons. The monoisotopic (exact) mass is 252 g/mol. The molecule has 5 nitrogen and oxygen atoms in total. The zero-order chi connectivity index (χ0) is 13.6. The molecule has 0 atom stereocenters. The van der Waals surface area contributed by atoms with E-state index in [1.54, 1.807) is 6.20 Å². The number of rotatable bonds is 7. The first-order valence-electron chi connectivity index (χ1n) is 6.43. The molecular formula is C13H24N4O. The number of aryl methyl sites for hydroxylation is 1. The molecule has 0 bridgehead atoms. The molecule has 0 fully saturated rings. The Hall–Kier alpha value is -1.36. The summed E-state index contributed by atoms with van der Waals surface area (Å²) in [6.07, 6.45) is 3.58. The lowest BCUT2D eigenvalue weighted by Crippen LogP contribution is -2.46. The van der Waals surface area contributed by atoms with Crippen molar-refractivity contribution in [1.82, 2.24) is 20.4 Å². The Labute approximate surface area is 109 Å². The molecule has 102 valence electrons. The van der Waals surface area contributed by atoms with Crippen LogP contribution in [0.3, 0.4) is 0 Å². The first-order valence-corrected chi connectivity index (χ1v) is 6.43. The number of nitrogens with one attached hydrogen (secondary N) is 2. The molecule has 0 saturated carbocycles. The summed E-state index contributed by atoms with van der Waals surface area (Å²) < 4.78 is 1.85. The van der Waals surface area contributed by atoms with Gasteiger partial charge in [-0.1, -0.05) is 6.92 Å². The lowest BCUT2D eigenvalue weighted by molar-refractivity contribution is -0.121. The number of carbonyl (C=O) groups is 1. The van der Waals surface area contributed by atoms with Crippen LogP contribution in [-0.2, 0) is 18.3 Å². The standard InChI is InChI=1S/C13H24N4O/c1-5-13(2,3)16-12(18)10-14-8-6-11-7-9-15-17(11)4/h7,9,14H,5-6,8,10H2,1-4H3,(H,16,18). The smallest absolute Gasteiger partial charge is 0.234 e. The second kappa shape index (κ2) is 6.54. The molecule has 1 rings (SSSR count). The van der Waals surface area contributed by atoms with Crippen molar-refractivity contribution in [2.45, 2.75) is 39.2 Å². The van der Waals surface area contributed by atoms with Crippen LogP contribution in [0.5, 0.6) is 0 Å². The Morgan fingerprint density at radius 2 is 2.22 bits per heavy atom. The van der Waals surface area contributed by atoms with Gasteiger partial charge in [0.25, 0.3) is 0 Å². The molecule has 0 spiro atoms. The van der Waals surface area contributed by atoms with Gasteiger partial charge >= 0.3 is 0 Å². The molecule has 0 aliphatic heterocycles. The second-order valence-corrected chi connectivity index (χ2v) is 5.16. The van der Waals surface area contributed by atoms with Crippen LogP contribution in [0.1, 0.15) is 32.9 Å². The molecule has 18 heavy (non-hydrogen) atoms. The Balaban J connectivity index is 2.18. The molecule has 0 aliphatic rings. The fourth-order valence-corrected chi connectivity index (χ4v) is 1.57. The van der Waals surface area contributed by atoms with Crippen LogP contribution in [0.15, 0.2) is 12.3 Å². The van der Waals surface area contributed by atoms with E-state index in [1.165, 1.54) is 0 Å². The highest BCUT2D eigenvalue weighted by atomic mass is 16.2. The van der Waals surface area contributed by atoms with Crippen molar-refractivity contribution in [3.05, 3.63) is 18.0 Å². The van der Waals surface area contributed by atoms with Gasteiger partial charge in [-0.3, -0.25) is 9.48 Å². The van der Waals surface area contributed by atoms with Gasteiger partial charge in [-0.05, 0) is 26.3 Å². The van der Waals surface area contributed by atoms with E-state index < -0.39 is 0 Å². The van der Waals surface area contributed by atoms with Gasteiger partial charge in [-0.2, -0.15) is 5.10 Å². The Morgan fingerprint density at radius 3 is 2.78 bits per heavy atom. The predicted octanol–water partition coefficient (Wildman–Crippen LogP) is 0.857. The molecule has 1 aromatic rings.